The Hall–Kier alpha value is -1.80. The van der Waals surface area contributed by atoms with Crippen LogP contribution in [0.15, 0.2) is 24.3 Å². The zero-order chi connectivity index (χ0) is 11.5. The van der Waals surface area contributed by atoms with E-state index < -0.39 is 0 Å². The summed E-state index contributed by atoms with van der Waals surface area (Å²) in [6, 6.07) is 7.12. The predicted molar refractivity (Wildman–Crippen MR) is 61.5 cm³/mol. The minimum Gasteiger partial charge on any atom is -0.309 e. The average Bonchev–Trinajstić information content (AvgIpc) is 2.17. The van der Waals surface area contributed by atoms with Gasteiger partial charge in [-0.1, -0.05) is 45.0 Å². The van der Waals surface area contributed by atoms with Crippen LogP contribution in [0.1, 0.15) is 32.4 Å². The van der Waals surface area contributed by atoms with Crippen LogP contribution in [-0.4, -0.2) is 0 Å². The van der Waals surface area contributed by atoms with Crippen LogP contribution >= 0.6 is 0 Å². The highest BCUT2D eigenvalue weighted by atomic mass is 14.8. The molecule has 76 valence electrons. The second kappa shape index (κ2) is 4.15. The van der Waals surface area contributed by atoms with Crippen LogP contribution in [-0.2, 0) is 0 Å². The van der Waals surface area contributed by atoms with Crippen molar-refractivity contribution in [2.24, 2.45) is 5.41 Å². The van der Waals surface area contributed by atoms with Crippen LogP contribution in [0, 0.1) is 18.6 Å². The molecule has 0 saturated heterocycles. The highest BCUT2D eigenvalue weighted by Crippen LogP contribution is 2.40. The number of hydrogen-bond donors (Lipinski definition) is 0. The molecular formula is C13H14N2. The molecule has 1 aromatic rings. The number of hydrogen-bond acceptors (Lipinski definition) is 0. The minimum atomic E-state index is -0.247. The summed E-state index contributed by atoms with van der Waals surface area (Å²) < 4.78 is 0. The molecule has 0 fully saturated rings. The van der Waals surface area contributed by atoms with E-state index in [9.17, 15) is 0 Å². The molecule has 1 rings (SSSR count). The van der Waals surface area contributed by atoms with Crippen molar-refractivity contribution in [1.29, 1.82) is 0 Å². The fourth-order valence-electron chi connectivity index (χ4n) is 1.55. The van der Waals surface area contributed by atoms with Gasteiger partial charge in [0.15, 0.2) is 5.69 Å². The Morgan fingerprint density at radius 3 is 2.20 bits per heavy atom. The Kier molecular flexibility index (Phi) is 3.12. The Labute approximate surface area is 91.2 Å². The molecule has 0 aliphatic rings. The molecule has 0 amide bonds. The molecule has 2 heteroatoms. The van der Waals surface area contributed by atoms with Gasteiger partial charge in [0.25, 0.3) is 0 Å². The van der Waals surface area contributed by atoms with Crippen LogP contribution in [0.3, 0.4) is 0 Å². The van der Waals surface area contributed by atoms with E-state index in [1.54, 1.807) is 6.07 Å². The third kappa shape index (κ3) is 2.36. The van der Waals surface area contributed by atoms with Gasteiger partial charge in [-0.05, 0) is 0 Å². The number of rotatable bonds is 1. The molecule has 0 heterocycles. The maximum Gasteiger partial charge on any atom is 0.244 e. The maximum absolute atomic E-state index is 7.25. The van der Waals surface area contributed by atoms with Gasteiger partial charge in [0.1, 0.15) is 0 Å². The molecule has 0 aromatic heterocycles. The maximum atomic E-state index is 7.25. The van der Waals surface area contributed by atoms with Gasteiger partial charge >= 0.3 is 0 Å². The molecule has 0 aliphatic heterocycles. The van der Waals surface area contributed by atoms with E-state index in [0.29, 0.717) is 5.69 Å². The summed E-state index contributed by atoms with van der Waals surface area (Å²) >= 11 is 0. The van der Waals surface area contributed by atoms with E-state index in [-0.39, 0.29) is 11.5 Å². The first-order chi connectivity index (χ1) is 7.00. The largest absolute Gasteiger partial charge is 0.309 e. The van der Waals surface area contributed by atoms with Crippen molar-refractivity contribution in [3.8, 4) is 0 Å². The van der Waals surface area contributed by atoms with E-state index >= 15 is 0 Å². The predicted octanol–water partition coefficient (Wildman–Crippen LogP) is 4.24. The van der Waals surface area contributed by atoms with Crippen LogP contribution in [0.5, 0.6) is 0 Å². The van der Waals surface area contributed by atoms with Gasteiger partial charge in [-0.3, -0.25) is 0 Å². The van der Waals surface area contributed by atoms with E-state index in [1.165, 1.54) is 0 Å². The molecule has 0 spiro atoms. The molecule has 1 unspecified atom stereocenters. The van der Waals surface area contributed by atoms with Crippen molar-refractivity contribution in [2.45, 2.75) is 26.8 Å². The Morgan fingerprint density at radius 2 is 1.73 bits per heavy atom. The first-order valence-electron chi connectivity index (χ1n) is 4.83. The van der Waals surface area contributed by atoms with Crippen molar-refractivity contribution in [2.75, 3.05) is 0 Å². The van der Waals surface area contributed by atoms with Gasteiger partial charge in [0.2, 0.25) is 6.04 Å². The third-order valence-corrected chi connectivity index (χ3v) is 2.30. The first kappa shape index (κ1) is 11.3. The van der Waals surface area contributed by atoms with Gasteiger partial charge in [-0.15, -0.1) is 0 Å². The van der Waals surface area contributed by atoms with Crippen molar-refractivity contribution < 1.29 is 0 Å². The number of para-hydroxylation sites is 1. The molecule has 0 bridgehead atoms. The summed E-state index contributed by atoms with van der Waals surface area (Å²) in [6.45, 7) is 20.4. The van der Waals surface area contributed by atoms with E-state index in [2.05, 4.69) is 9.69 Å². The van der Waals surface area contributed by atoms with Crippen molar-refractivity contribution >= 4 is 5.69 Å². The molecule has 1 atom stereocenters. The zero-order valence-corrected chi connectivity index (χ0v) is 9.28. The van der Waals surface area contributed by atoms with E-state index in [4.69, 9.17) is 13.1 Å². The van der Waals surface area contributed by atoms with Gasteiger partial charge in [-0.2, -0.15) is 0 Å². The first-order valence-corrected chi connectivity index (χ1v) is 4.83. The Morgan fingerprint density at radius 1 is 1.13 bits per heavy atom. The molecule has 0 radical (unpaired) electrons. The fourth-order valence-corrected chi connectivity index (χ4v) is 1.55. The molecular weight excluding hydrogens is 184 g/mol. The van der Waals surface area contributed by atoms with Crippen LogP contribution in [0.25, 0.3) is 9.69 Å². The number of benzene rings is 1. The zero-order valence-electron chi connectivity index (χ0n) is 9.28. The van der Waals surface area contributed by atoms with Gasteiger partial charge < -0.3 is 4.85 Å². The molecule has 1 aromatic carbocycles. The Balaban J connectivity index is 3.27. The molecule has 0 aliphatic carbocycles. The lowest BCUT2D eigenvalue weighted by Gasteiger charge is -2.21. The Bertz CT molecular complexity index is 427. The van der Waals surface area contributed by atoms with Crippen molar-refractivity contribution in [1.82, 2.24) is 0 Å². The molecule has 0 N–H and O–H groups in total. The van der Waals surface area contributed by atoms with Crippen molar-refractivity contribution in [3.63, 3.8) is 0 Å². The van der Waals surface area contributed by atoms with Crippen LogP contribution in [0.2, 0.25) is 0 Å². The second-order valence-electron chi connectivity index (χ2n) is 4.57. The van der Waals surface area contributed by atoms with Crippen molar-refractivity contribution in [3.05, 3.63) is 52.7 Å². The third-order valence-electron chi connectivity index (χ3n) is 2.30. The topological polar surface area (TPSA) is 8.72 Å². The van der Waals surface area contributed by atoms with E-state index in [0.717, 1.165) is 5.56 Å². The normalized spacial score (nSPS) is 12.6. The fraction of sp³-hybridized carbons (Fsp3) is 0.385. The lowest BCUT2D eigenvalue weighted by molar-refractivity contribution is 0.365. The molecule has 2 nitrogen and oxygen atoms in total. The summed E-state index contributed by atoms with van der Waals surface area (Å²) in [6.07, 6.45) is 0. The lowest BCUT2D eigenvalue weighted by atomic mass is 9.82. The van der Waals surface area contributed by atoms with Gasteiger partial charge in [0.05, 0.1) is 6.57 Å². The quantitative estimate of drug-likeness (QED) is 0.597. The highest BCUT2D eigenvalue weighted by Gasteiger charge is 2.33. The smallest absolute Gasteiger partial charge is 0.244 e. The minimum absolute atomic E-state index is 0.136. The standard InChI is InChI=1S/C13H14N2/c1-13(2,3)12(15-5)10-8-6-7-9-11(10)14-4/h6-9,12H,1-3H3. The summed E-state index contributed by atoms with van der Waals surface area (Å²) in [7, 11) is 0. The van der Waals surface area contributed by atoms with E-state index in [1.807, 2.05) is 39.0 Å². The molecule has 15 heavy (non-hydrogen) atoms. The van der Waals surface area contributed by atoms with Crippen LogP contribution < -0.4 is 0 Å². The SMILES string of the molecule is [C-]#[N+]c1ccccc1C([N+]#[C-])C(C)(C)C. The summed E-state index contributed by atoms with van der Waals surface area (Å²) in [4.78, 5) is 7.10. The second-order valence-corrected chi connectivity index (χ2v) is 4.57. The van der Waals surface area contributed by atoms with Gasteiger partial charge in [0, 0.05) is 11.0 Å². The summed E-state index contributed by atoms with van der Waals surface area (Å²) in [5, 5.41) is 0. The average molecular weight is 198 g/mol. The lowest BCUT2D eigenvalue weighted by Crippen LogP contribution is -2.15. The summed E-state index contributed by atoms with van der Waals surface area (Å²) in [5.41, 5.74) is 1.30. The molecule has 0 saturated carbocycles. The summed E-state index contributed by atoms with van der Waals surface area (Å²) in [5.74, 6) is 0. The highest BCUT2D eigenvalue weighted by molar-refractivity contribution is 5.54. The number of nitrogens with zero attached hydrogens (tertiary/aromatic N) is 2. The monoisotopic (exact) mass is 198 g/mol. The van der Waals surface area contributed by atoms with Crippen LogP contribution in [0.4, 0.5) is 5.69 Å². The van der Waals surface area contributed by atoms with Gasteiger partial charge in [-0.25, -0.2) is 11.4 Å².